The fourth-order valence-electron chi connectivity index (χ4n) is 2.66. The largest absolute Gasteiger partial charge is 0.508 e. The summed E-state index contributed by atoms with van der Waals surface area (Å²) in [5.41, 5.74) is 1.81. The van der Waals surface area contributed by atoms with E-state index in [-0.39, 0.29) is 17.3 Å². The molecule has 0 unspecified atom stereocenters. The number of hydrogen-bond donors (Lipinski definition) is 1. The third kappa shape index (κ3) is 2.50. The van der Waals surface area contributed by atoms with Gasteiger partial charge in [0.1, 0.15) is 11.5 Å². The summed E-state index contributed by atoms with van der Waals surface area (Å²) < 4.78 is 16.2. The van der Waals surface area contributed by atoms with Crippen molar-refractivity contribution in [2.24, 2.45) is 0 Å². The van der Waals surface area contributed by atoms with Crippen LogP contribution in [0, 0.1) is 6.92 Å². The van der Waals surface area contributed by atoms with Crippen LogP contribution in [0.5, 0.6) is 23.0 Å². The van der Waals surface area contributed by atoms with Crippen LogP contribution in [0.2, 0.25) is 0 Å². The van der Waals surface area contributed by atoms with E-state index in [1.165, 1.54) is 19.2 Å². The molecule has 1 aliphatic rings. The number of fused-ring (bicyclic) bond motifs is 1. The van der Waals surface area contributed by atoms with E-state index in [0.29, 0.717) is 33.9 Å². The number of phenols is 1. The van der Waals surface area contributed by atoms with E-state index >= 15 is 0 Å². The Kier molecular flexibility index (Phi) is 3.70. The molecule has 0 saturated heterocycles. The highest BCUT2D eigenvalue weighted by Gasteiger charge is 2.30. The maximum absolute atomic E-state index is 12.5. The average molecular weight is 312 g/mol. The molecule has 2 aromatic rings. The van der Waals surface area contributed by atoms with Crippen LogP contribution in [0.25, 0.3) is 6.08 Å². The van der Waals surface area contributed by atoms with Gasteiger partial charge in [0, 0.05) is 11.6 Å². The lowest BCUT2D eigenvalue weighted by Gasteiger charge is -2.10. The summed E-state index contributed by atoms with van der Waals surface area (Å²) in [6.45, 7) is 1.76. The van der Waals surface area contributed by atoms with E-state index in [1.807, 2.05) is 0 Å². The Balaban J connectivity index is 2.07. The number of benzene rings is 2. The number of carbonyl (C=O) groups excluding carboxylic acids is 1. The zero-order valence-electron chi connectivity index (χ0n) is 13.0. The number of ether oxygens (including phenoxy) is 3. The highest BCUT2D eigenvalue weighted by molar-refractivity contribution is 6.15. The topological polar surface area (TPSA) is 65.0 Å². The molecule has 5 heteroatoms. The Morgan fingerprint density at radius 3 is 2.65 bits per heavy atom. The van der Waals surface area contributed by atoms with Gasteiger partial charge in [0.25, 0.3) is 0 Å². The van der Waals surface area contributed by atoms with Crippen molar-refractivity contribution < 1.29 is 24.1 Å². The summed E-state index contributed by atoms with van der Waals surface area (Å²) in [6.07, 6.45) is 1.61. The highest BCUT2D eigenvalue weighted by Crippen LogP contribution is 2.39. The molecule has 0 aromatic heterocycles. The summed E-state index contributed by atoms with van der Waals surface area (Å²) in [5.74, 6) is 1.48. The van der Waals surface area contributed by atoms with Crippen molar-refractivity contribution in [2.75, 3.05) is 14.2 Å². The molecule has 1 N–H and O–H groups in total. The summed E-state index contributed by atoms with van der Waals surface area (Å²) in [4.78, 5) is 12.5. The number of Topliss-reactive ketones (excluding diaryl/α,β-unsaturated/α-hetero) is 1. The number of hydrogen-bond acceptors (Lipinski definition) is 5. The standard InChI is InChI=1S/C18H16O5/c1-10-7-12(19)9-14-16(10)17(20)15(23-14)8-11-5-4-6-13(21-2)18(11)22-3/h4-9,19H,1-3H3. The monoisotopic (exact) mass is 312 g/mol. The second-order valence-electron chi connectivity index (χ2n) is 5.16. The van der Waals surface area contributed by atoms with E-state index in [1.54, 1.807) is 38.3 Å². The van der Waals surface area contributed by atoms with Crippen LogP contribution in [0.15, 0.2) is 36.1 Å². The maximum Gasteiger partial charge on any atom is 0.232 e. The molecule has 23 heavy (non-hydrogen) atoms. The van der Waals surface area contributed by atoms with Crippen molar-refractivity contribution in [2.45, 2.75) is 6.92 Å². The summed E-state index contributed by atoms with van der Waals surface area (Å²) in [6, 6.07) is 8.35. The molecule has 0 atom stereocenters. The zero-order valence-corrected chi connectivity index (χ0v) is 13.0. The number of methoxy groups -OCH3 is 2. The molecule has 2 aromatic carbocycles. The second kappa shape index (κ2) is 5.68. The number of carbonyl (C=O) groups is 1. The van der Waals surface area contributed by atoms with Gasteiger partial charge >= 0.3 is 0 Å². The second-order valence-corrected chi connectivity index (χ2v) is 5.16. The summed E-state index contributed by atoms with van der Waals surface area (Å²) in [5, 5.41) is 9.64. The SMILES string of the molecule is COc1cccc(C=C2Oc3cc(O)cc(C)c3C2=O)c1OC. The molecule has 0 saturated carbocycles. The first kappa shape index (κ1) is 15.0. The quantitative estimate of drug-likeness (QED) is 0.881. The van der Waals surface area contributed by atoms with Gasteiger partial charge in [-0.3, -0.25) is 4.79 Å². The first-order chi connectivity index (χ1) is 11.0. The zero-order chi connectivity index (χ0) is 16.6. The number of para-hydroxylation sites is 1. The molecule has 5 nitrogen and oxygen atoms in total. The number of phenolic OH excluding ortho intramolecular Hbond substituents is 1. The number of ketones is 1. The maximum atomic E-state index is 12.5. The molecule has 0 fully saturated rings. The molecule has 0 aliphatic carbocycles. The van der Waals surface area contributed by atoms with E-state index in [2.05, 4.69) is 0 Å². The van der Waals surface area contributed by atoms with Gasteiger partial charge in [-0.2, -0.15) is 0 Å². The molecule has 3 rings (SSSR count). The molecule has 0 bridgehead atoms. The highest BCUT2D eigenvalue weighted by atomic mass is 16.5. The van der Waals surface area contributed by atoms with Crippen LogP contribution in [-0.4, -0.2) is 25.1 Å². The normalized spacial score (nSPS) is 14.6. The molecular weight excluding hydrogens is 296 g/mol. The van der Waals surface area contributed by atoms with Crippen LogP contribution in [0.1, 0.15) is 21.5 Å². The minimum atomic E-state index is -0.220. The van der Waals surface area contributed by atoms with Gasteiger partial charge in [0.05, 0.1) is 19.8 Å². The summed E-state index contributed by atoms with van der Waals surface area (Å²) in [7, 11) is 3.09. The van der Waals surface area contributed by atoms with Gasteiger partial charge in [-0.05, 0) is 30.7 Å². The Morgan fingerprint density at radius 1 is 1.17 bits per heavy atom. The van der Waals surface area contributed by atoms with E-state index < -0.39 is 0 Å². The smallest absolute Gasteiger partial charge is 0.232 e. The minimum Gasteiger partial charge on any atom is -0.508 e. The molecule has 1 heterocycles. The van der Waals surface area contributed by atoms with Gasteiger partial charge in [0.2, 0.25) is 5.78 Å². The van der Waals surface area contributed by atoms with Crippen LogP contribution in [0.4, 0.5) is 0 Å². The van der Waals surface area contributed by atoms with Crippen molar-refractivity contribution in [3.05, 3.63) is 52.8 Å². The number of aromatic hydroxyl groups is 1. The predicted molar refractivity (Wildman–Crippen MR) is 85.3 cm³/mol. The van der Waals surface area contributed by atoms with Gasteiger partial charge in [-0.1, -0.05) is 12.1 Å². The van der Waals surface area contributed by atoms with Gasteiger partial charge in [-0.25, -0.2) is 0 Å². The number of aryl methyl sites for hydroxylation is 1. The molecular formula is C18H16O5. The molecule has 0 amide bonds. The van der Waals surface area contributed by atoms with Crippen LogP contribution < -0.4 is 14.2 Å². The average Bonchev–Trinajstić information content (AvgIpc) is 2.83. The Hall–Kier alpha value is -2.95. The van der Waals surface area contributed by atoms with Crippen molar-refractivity contribution in [1.29, 1.82) is 0 Å². The fraction of sp³-hybridized carbons (Fsp3) is 0.167. The number of rotatable bonds is 3. The van der Waals surface area contributed by atoms with Crippen molar-refractivity contribution in [3.63, 3.8) is 0 Å². The predicted octanol–water partition coefficient (Wildman–Crippen LogP) is 3.33. The Bertz CT molecular complexity index is 820. The van der Waals surface area contributed by atoms with E-state index in [4.69, 9.17) is 14.2 Å². The minimum absolute atomic E-state index is 0.0641. The van der Waals surface area contributed by atoms with Crippen molar-refractivity contribution in [3.8, 4) is 23.0 Å². The van der Waals surface area contributed by atoms with Crippen molar-refractivity contribution in [1.82, 2.24) is 0 Å². The van der Waals surface area contributed by atoms with Crippen LogP contribution in [-0.2, 0) is 0 Å². The Morgan fingerprint density at radius 2 is 1.96 bits per heavy atom. The fourth-order valence-corrected chi connectivity index (χ4v) is 2.66. The van der Waals surface area contributed by atoms with Crippen LogP contribution >= 0.6 is 0 Å². The lowest BCUT2D eigenvalue weighted by molar-refractivity contribution is 0.101. The van der Waals surface area contributed by atoms with Crippen LogP contribution in [0.3, 0.4) is 0 Å². The molecule has 1 aliphatic heterocycles. The first-order valence-electron chi connectivity index (χ1n) is 7.04. The molecule has 118 valence electrons. The van der Waals surface area contributed by atoms with Crippen molar-refractivity contribution >= 4 is 11.9 Å². The third-order valence-corrected chi connectivity index (χ3v) is 3.67. The molecule has 0 spiro atoms. The van der Waals surface area contributed by atoms with Gasteiger partial charge in [0.15, 0.2) is 17.3 Å². The first-order valence-corrected chi connectivity index (χ1v) is 7.04. The van der Waals surface area contributed by atoms with E-state index in [0.717, 1.165) is 0 Å². The Labute approximate surface area is 133 Å². The number of allylic oxidation sites excluding steroid dienone is 1. The van der Waals surface area contributed by atoms with E-state index in [9.17, 15) is 9.90 Å². The summed E-state index contributed by atoms with van der Waals surface area (Å²) >= 11 is 0. The van der Waals surface area contributed by atoms with Gasteiger partial charge in [-0.15, -0.1) is 0 Å². The third-order valence-electron chi connectivity index (χ3n) is 3.67. The lowest BCUT2D eigenvalue weighted by atomic mass is 10.0. The van der Waals surface area contributed by atoms with Gasteiger partial charge < -0.3 is 19.3 Å². The molecule has 0 radical (unpaired) electrons. The lowest BCUT2D eigenvalue weighted by Crippen LogP contribution is -2.00.